The lowest BCUT2D eigenvalue weighted by molar-refractivity contribution is -0.147. The maximum Gasteiger partial charge on any atom is 0.309 e. The van der Waals surface area contributed by atoms with Crippen LogP contribution in [0.2, 0.25) is 0 Å². The molecule has 1 fully saturated rings. The van der Waals surface area contributed by atoms with Gasteiger partial charge in [-0.15, -0.1) is 0 Å². The summed E-state index contributed by atoms with van der Waals surface area (Å²) in [6, 6.07) is 0. The van der Waals surface area contributed by atoms with Gasteiger partial charge in [0.25, 0.3) is 0 Å². The zero-order valence-electron chi connectivity index (χ0n) is 9.70. The van der Waals surface area contributed by atoms with E-state index < -0.39 is 0 Å². The molecule has 0 aromatic rings. The molecule has 0 amide bonds. The summed E-state index contributed by atoms with van der Waals surface area (Å²) in [6.45, 7) is 3.74. The van der Waals surface area contributed by atoms with Gasteiger partial charge in [-0.2, -0.15) is 0 Å². The molecule has 0 radical (unpaired) electrons. The van der Waals surface area contributed by atoms with Gasteiger partial charge in [-0.05, 0) is 25.8 Å². The van der Waals surface area contributed by atoms with Crippen LogP contribution in [0.1, 0.15) is 19.3 Å². The van der Waals surface area contributed by atoms with E-state index in [-0.39, 0.29) is 11.9 Å². The van der Waals surface area contributed by atoms with Gasteiger partial charge in [-0.3, -0.25) is 4.79 Å². The zero-order chi connectivity index (χ0) is 11.1. The largest absolute Gasteiger partial charge is 0.469 e. The number of rotatable bonds is 5. The number of piperidine rings is 1. The third-order valence-electron chi connectivity index (χ3n) is 2.86. The van der Waals surface area contributed by atoms with E-state index in [0.29, 0.717) is 0 Å². The quantitative estimate of drug-likeness (QED) is 0.505. The van der Waals surface area contributed by atoms with Crippen molar-refractivity contribution in [3.05, 3.63) is 0 Å². The molecule has 1 rings (SSSR count). The van der Waals surface area contributed by atoms with Crippen LogP contribution in [0.4, 0.5) is 0 Å². The summed E-state index contributed by atoms with van der Waals surface area (Å²) in [5.41, 5.74) is 0. The van der Waals surface area contributed by atoms with E-state index in [1.165, 1.54) is 7.11 Å². The molecule has 0 aliphatic carbocycles. The van der Waals surface area contributed by atoms with Crippen molar-refractivity contribution in [2.24, 2.45) is 5.92 Å². The lowest BCUT2D eigenvalue weighted by Crippen LogP contribution is -2.39. The standard InChI is InChI=1S/C11H21NO3/c1-14-8-4-7-12-6-3-5-10(9-12)11(13)15-2/h10H,3-9H2,1-2H3/t10-/m0/s1. The second-order valence-electron chi connectivity index (χ2n) is 4.01. The van der Waals surface area contributed by atoms with Crippen LogP contribution in [0.5, 0.6) is 0 Å². The van der Waals surface area contributed by atoms with Crippen molar-refractivity contribution in [2.75, 3.05) is 40.5 Å². The molecule has 0 spiro atoms. The minimum Gasteiger partial charge on any atom is -0.469 e. The molecule has 1 atom stereocenters. The molecule has 1 heterocycles. The van der Waals surface area contributed by atoms with Crippen LogP contribution in [0, 0.1) is 5.92 Å². The van der Waals surface area contributed by atoms with Crippen LogP contribution in [0.15, 0.2) is 0 Å². The Hall–Kier alpha value is -0.610. The Morgan fingerprint density at radius 3 is 2.93 bits per heavy atom. The lowest BCUT2D eigenvalue weighted by atomic mass is 9.98. The van der Waals surface area contributed by atoms with E-state index in [1.807, 2.05) is 0 Å². The van der Waals surface area contributed by atoms with Gasteiger partial charge >= 0.3 is 5.97 Å². The maximum atomic E-state index is 11.4. The second kappa shape index (κ2) is 6.80. The number of nitrogens with zero attached hydrogens (tertiary/aromatic N) is 1. The van der Waals surface area contributed by atoms with Gasteiger partial charge in [0.15, 0.2) is 0 Å². The summed E-state index contributed by atoms with van der Waals surface area (Å²) in [5, 5.41) is 0. The fourth-order valence-corrected chi connectivity index (χ4v) is 2.05. The number of carbonyl (C=O) groups excluding carboxylic acids is 1. The Bertz CT molecular complexity index is 196. The van der Waals surface area contributed by atoms with Crippen LogP contribution in [-0.2, 0) is 14.3 Å². The molecule has 0 N–H and O–H groups in total. The Kier molecular flexibility index (Phi) is 5.65. The number of hydrogen-bond acceptors (Lipinski definition) is 4. The average molecular weight is 215 g/mol. The maximum absolute atomic E-state index is 11.4. The molecule has 1 saturated heterocycles. The molecule has 0 bridgehead atoms. The predicted molar refractivity (Wildman–Crippen MR) is 57.7 cm³/mol. The minimum atomic E-state index is -0.0635. The smallest absolute Gasteiger partial charge is 0.309 e. The van der Waals surface area contributed by atoms with Gasteiger partial charge in [0.05, 0.1) is 13.0 Å². The summed E-state index contributed by atoms with van der Waals surface area (Å²) in [6.07, 6.45) is 3.09. The van der Waals surface area contributed by atoms with Crippen LogP contribution >= 0.6 is 0 Å². The summed E-state index contributed by atoms with van der Waals surface area (Å²) in [7, 11) is 3.18. The van der Waals surface area contributed by atoms with Crippen molar-refractivity contribution < 1.29 is 14.3 Å². The highest BCUT2D eigenvalue weighted by Gasteiger charge is 2.25. The van der Waals surface area contributed by atoms with E-state index in [0.717, 1.165) is 45.5 Å². The molecule has 1 aliphatic heterocycles. The third-order valence-corrected chi connectivity index (χ3v) is 2.86. The Morgan fingerprint density at radius 1 is 1.47 bits per heavy atom. The predicted octanol–water partition coefficient (Wildman–Crippen LogP) is 0.908. The highest BCUT2D eigenvalue weighted by molar-refractivity contribution is 5.72. The number of carbonyl (C=O) groups is 1. The fraction of sp³-hybridized carbons (Fsp3) is 0.909. The molecule has 4 nitrogen and oxygen atoms in total. The molecule has 88 valence electrons. The third kappa shape index (κ3) is 4.18. The molecule has 4 heteroatoms. The highest BCUT2D eigenvalue weighted by atomic mass is 16.5. The van der Waals surface area contributed by atoms with Crippen LogP contribution in [-0.4, -0.2) is 51.3 Å². The van der Waals surface area contributed by atoms with Crippen LogP contribution < -0.4 is 0 Å². The van der Waals surface area contributed by atoms with E-state index >= 15 is 0 Å². The molecule has 0 aromatic heterocycles. The summed E-state index contributed by atoms with van der Waals surface area (Å²) in [4.78, 5) is 13.7. The molecule has 0 aromatic carbocycles. The van der Waals surface area contributed by atoms with E-state index in [4.69, 9.17) is 9.47 Å². The SMILES string of the molecule is COCCCN1CCC[C@H](C(=O)OC)C1. The molecular weight excluding hydrogens is 194 g/mol. The number of esters is 1. The summed E-state index contributed by atoms with van der Waals surface area (Å²) in [5.74, 6) is 0.0118. The fourth-order valence-electron chi connectivity index (χ4n) is 2.05. The van der Waals surface area contributed by atoms with Crippen molar-refractivity contribution in [1.29, 1.82) is 0 Å². The van der Waals surface area contributed by atoms with Crippen molar-refractivity contribution in [2.45, 2.75) is 19.3 Å². The number of hydrogen-bond donors (Lipinski definition) is 0. The topological polar surface area (TPSA) is 38.8 Å². The minimum absolute atomic E-state index is 0.0635. The molecule has 15 heavy (non-hydrogen) atoms. The monoisotopic (exact) mass is 215 g/mol. The van der Waals surface area contributed by atoms with Crippen molar-refractivity contribution in [3.8, 4) is 0 Å². The molecule has 0 unspecified atom stereocenters. The van der Waals surface area contributed by atoms with Gasteiger partial charge in [-0.1, -0.05) is 0 Å². The van der Waals surface area contributed by atoms with Crippen molar-refractivity contribution in [3.63, 3.8) is 0 Å². The lowest BCUT2D eigenvalue weighted by Gasteiger charge is -2.31. The average Bonchev–Trinajstić information content (AvgIpc) is 2.29. The number of methoxy groups -OCH3 is 2. The zero-order valence-corrected chi connectivity index (χ0v) is 9.70. The Labute approximate surface area is 91.5 Å². The first-order valence-electron chi connectivity index (χ1n) is 5.57. The van der Waals surface area contributed by atoms with Crippen molar-refractivity contribution >= 4 is 5.97 Å². The first-order chi connectivity index (χ1) is 7.27. The van der Waals surface area contributed by atoms with E-state index in [1.54, 1.807) is 7.11 Å². The molecular formula is C11H21NO3. The normalized spacial score (nSPS) is 22.7. The highest BCUT2D eigenvalue weighted by Crippen LogP contribution is 2.17. The van der Waals surface area contributed by atoms with Gasteiger partial charge in [-0.25, -0.2) is 0 Å². The number of ether oxygens (including phenoxy) is 2. The number of likely N-dealkylation sites (tertiary alicyclic amines) is 1. The Morgan fingerprint density at radius 2 is 2.27 bits per heavy atom. The molecule has 0 saturated carbocycles. The second-order valence-corrected chi connectivity index (χ2v) is 4.01. The van der Waals surface area contributed by atoms with Gasteiger partial charge in [0, 0.05) is 26.8 Å². The van der Waals surface area contributed by atoms with Gasteiger partial charge in [0.2, 0.25) is 0 Å². The van der Waals surface area contributed by atoms with Crippen molar-refractivity contribution in [1.82, 2.24) is 4.90 Å². The Balaban J connectivity index is 2.26. The van der Waals surface area contributed by atoms with Crippen LogP contribution in [0.25, 0.3) is 0 Å². The van der Waals surface area contributed by atoms with Gasteiger partial charge < -0.3 is 14.4 Å². The summed E-state index contributed by atoms with van der Waals surface area (Å²) < 4.78 is 9.78. The first kappa shape index (κ1) is 12.5. The van der Waals surface area contributed by atoms with E-state index in [9.17, 15) is 4.79 Å². The first-order valence-corrected chi connectivity index (χ1v) is 5.57. The van der Waals surface area contributed by atoms with Crippen LogP contribution in [0.3, 0.4) is 0 Å². The van der Waals surface area contributed by atoms with E-state index in [2.05, 4.69) is 4.90 Å². The molecule has 1 aliphatic rings. The van der Waals surface area contributed by atoms with Gasteiger partial charge in [0.1, 0.15) is 0 Å². The summed E-state index contributed by atoms with van der Waals surface area (Å²) >= 11 is 0.